The number of likely N-dealkylation sites (tertiary alicyclic amines) is 1. The second kappa shape index (κ2) is 10.3. The lowest BCUT2D eigenvalue weighted by molar-refractivity contribution is -0.178. The van der Waals surface area contributed by atoms with Gasteiger partial charge in [0.25, 0.3) is 0 Å². The summed E-state index contributed by atoms with van der Waals surface area (Å²) < 4.78 is 77.0. The van der Waals surface area contributed by atoms with Crippen LogP contribution < -0.4 is 16.0 Å². The summed E-state index contributed by atoms with van der Waals surface area (Å²) >= 11 is 0. The summed E-state index contributed by atoms with van der Waals surface area (Å²) in [6.07, 6.45) is -14.3. The van der Waals surface area contributed by atoms with Crippen LogP contribution in [0.25, 0.3) is 0 Å². The number of carbonyl (C=O) groups excluding carboxylic acids is 3. The number of rotatable bonds is 9. The number of aliphatic hydroxyl groups is 1. The summed E-state index contributed by atoms with van der Waals surface area (Å²) in [5, 5.41) is 27.0. The van der Waals surface area contributed by atoms with Crippen LogP contribution in [0.3, 0.4) is 0 Å². The number of nitrogens with zero attached hydrogens (tertiary/aromatic N) is 2. The molecule has 0 aromatic rings. The number of fused-ring (bicyclic) bond motifs is 1. The SMILES string of the molecule is CC1(C)[C@@H]2[C@@H](C(=O)N[C@H](C#N)C[C@@H]3CCNC3=O)N(C(O)C(CCC(F)(F)F)NC(=O)C(F)(F)F)C[C@@H]21. The summed E-state index contributed by atoms with van der Waals surface area (Å²) in [4.78, 5) is 37.7. The van der Waals surface area contributed by atoms with Crippen molar-refractivity contribution < 1.29 is 45.8 Å². The van der Waals surface area contributed by atoms with E-state index in [0.29, 0.717) is 13.0 Å². The lowest BCUT2D eigenvalue weighted by Gasteiger charge is -2.38. The van der Waals surface area contributed by atoms with Gasteiger partial charge in [-0.1, -0.05) is 13.8 Å². The number of nitrogens with one attached hydrogen (secondary N) is 3. The Bertz CT molecular complexity index is 949. The van der Waals surface area contributed by atoms with Gasteiger partial charge in [-0.05, 0) is 36.5 Å². The largest absolute Gasteiger partial charge is 0.471 e. The second-order valence-corrected chi connectivity index (χ2v) is 10.4. The predicted octanol–water partition coefficient (Wildman–Crippen LogP) is 1.19. The molecular weight excluding hydrogens is 512 g/mol. The molecule has 4 N–H and O–H groups in total. The molecule has 1 saturated carbocycles. The summed E-state index contributed by atoms with van der Waals surface area (Å²) in [6.45, 7) is 4.09. The van der Waals surface area contributed by atoms with Crippen LogP contribution in [0.15, 0.2) is 0 Å². The molecule has 2 aliphatic heterocycles. The van der Waals surface area contributed by atoms with Gasteiger partial charge in [-0.25, -0.2) is 0 Å². The maximum Gasteiger partial charge on any atom is 0.471 e. The Kier molecular flexibility index (Phi) is 8.05. The fraction of sp³-hybridized carbons (Fsp3) is 0.818. The standard InChI is InChI=1S/C22H29F6N5O4/c1-20(2)12-9-33(18(36)13(3-5-21(23,24)25)32-19(37)22(26,27)28)15(14(12)20)17(35)31-11(8-29)7-10-4-6-30-16(10)34/h10-15,18,36H,3-7,9H2,1-2H3,(H,30,34)(H,31,35)(H,32,37)/t10-,11-,12-,13?,14-,15-,18?/m0/s1. The molecule has 208 valence electrons. The first-order valence-corrected chi connectivity index (χ1v) is 11.8. The number of halogens is 6. The number of nitriles is 1. The first kappa shape index (κ1) is 29.0. The van der Waals surface area contributed by atoms with E-state index in [9.17, 15) is 51.1 Å². The minimum Gasteiger partial charge on any atom is -0.376 e. The van der Waals surface area contributed by atoms with E-state index in [0.717, 1.165) is 4.90 Å². The average Bonchev–Trinajstić information content (AvgIpc) is 3.14. The normalized spacial score (nSPS) is 29.5. The molecule has 15 heteroatoms. The first-order chi connectivity index (χ1) is 17.0. The van der Waals surface area contributed by atoms with Gasteiger partial charge in [-0.2, -0.15) is 31.6 Å². The third-order valence-corrected chi connectivity index (χ3v) is 7.68. The minimum atomic E-state index is -5.39. The molecule has 3 aliphatic rings. The zero-order chi connectivity index (χ0) is 27.9. The third kappa shape index (κ3) is 6.46. The van der Waals surface area contributed by atoms with Crippen molar-refractivity contribution in [1.29, 1.82) is 5.26 Å². The highest BCUT2D eigenvalue weighted by atomic mass is 19.4. The monoisotopic (exact) mass is 541 g/mol. The number of hydrogen-bond acceptors (Lipinski definition) is 6. The van der Waals surface area contributed by atoms with E-state index in [1.807, 2.05) is 19.9 Å². The fourth-order valence-electron chi connectivity index (χ4n) is 5.55. The van der Waals surface area contributed by atoms with Gasteiger partial charge in [0.05, 0.1) is 18.2 Å². The molecule has 37 heavy (non-hydrogen) atoms. The van der Waals surface area contributed by atoms with Crippen LogP contribution in [0.4, 0.5) is 26.3 Å². The van der Waals surface area contributed by atoms with E-state index < -0.39 is 78.6 Å². The van der Waals surface area contributed by atoms with Crippen molar-refractivity contribution in [3.05, 3.63) is 0 Å². The Morgan fingerprint density at radius 3 is 2.41 bits per heavy atom. The van der Waals surface area contributed by atoms with E-state index in [-0.39, 0.29) is 24.8 Å². The molecule has 0 spiro atoms. The molecule has 3 rings (SSSR count). The van der Waals surface area contributed by atoms with Gasteiger partial charge in [-0.15, -0.1) is 0 Å². The number of amides is 3. The Morgan fingerprint density at radius 2 is 1.89 bits per heavy atom. The average molecular weight is 541 g/mol. The molecular formula is C22H29F6N5O4. The third-order valence-electron chi connectivity index (χ3n) is 7.68. The number of aliphatic hydroxyl groups excluding tert-OH is 1. The molecule has 1 aliphatic carbocycles. The highest BCUT2D eigenvalue weighted by molar-refractivity contribution is 5.85. The van der Waals surface area contributed by atoms with E-state index in [4.69, 9.17) is 0 Å². The highest BCUT2D eigenvalue weighted by Crippen LogP contribution is 2.65. The van der Waals surface area contributed by atoms with Crippen LogP contribution in [0, 0.1) is 34.5 Å². The molecule has 2 saturated heterocycles. The van der Waals surface area contributed by atoms with Gasteiger partial charge in [0.15, 0.2) is 0 Å². The lowest BCUT2D eigenvalue weighted by atomic mass is 9.96. The van der Waals surface area contributed by atoms with Crippen LogP contribution in [0.2, 0.25) is 0 Å². The van der Waals surface area contributed by atoms with Gasteiger partial charge >= 0.3 is 18.3 Å². The molecule has 0 bridgehead atoms. The van der Waals surface area contributed by atoms with Crippen molar-refractivity contribution in [3.63, 3.8) is 0 Å². The topological polar surface area (TPSA) is 135 Å². The molecule has 9 nitrogen and oxygen atoms in total. The van der Waals surface area contributed by atoms with E-state index in [2.05, 4.69) is 10.6 Å². The fourth-order valence-corrected chi connectivity index (χ4v) is 5.55. The number of hydrogen-bond donors (Lipinski definition) is 4. The summed E-state index contributed by atoms with van der Waals surface area (Å²) in [5.41, 5.74) is -0.400. The molecule has 7 atom stereocenters. The minimum absolute atomic E-state index is 0.0103. The van der Waals surface area contributed by atoms with Crippen LogP contribution in [-0.4, -0.2) is 77.5 Å². The molecule has 2 unspecified atom stereocenters. The maximum absolute atomic E-state index is 13.3. The summed E-state index contributed by atoms with van der Waals surface area (Å²) in [5.74, 6) is -4.59. The van der Waals surface area contributed by atoms with Crippen molar-refractivity contribution in [2.24, 2.45) is 23.2 Å². The molecule has 3 amide bonds. The van der Waals surface area contributed by atoms with Gasteiger partial charge < -0.3 is 21.1 Å². The van der Waals surface area contributed by atoms with Crippen molar-refractivity contribution in [3.8, 4) is 6.07 Å². The van der Waals surface area contributed by atoms with Gasteiger partial charge in [0.2, 0.25) is 11.8 Å². The van der Waals surface area contributed by atoms with Crippen molar-refractivity contribution in [2.75, 3.05) is 13.1 Å². The summed E-state index contributed by atoms with van der Waals surface area (Å²) in [7, 11) is 0. The van der Waals surface area contributed by atoms with Crippen LogP contribution in [-0.2, 0) is 14.4 Å². The summed E-state index contributed by atoms with van der Waals surface area (Å²) in [6, 6.07) is -2.32. The zero-order valence-corrected chi connectivity index (χ0v) is 20.1. The Labute approximate surface area is 208 Å². The highest BCUT2D eigenvalue weighted by Gasteiger charge is 2.69. The van der Waals surface area contributed by atoms with Crippen molar-refractivity contribution in [2.45, 2.75) is 76.2 Å². The number of piperidine rings is 1. The number of carbonyl (C=O) groups is 3. The van der Waals surface area contributed by atoms with E-state index in [1.165, 1.54) is 5.32 Å². The van der Waals surface area contributed by atoms with Crippen molar-refractivity contribution >= 4 is 17.7 Å². The Balaban J connectivity index is 1.79. The predicted molar refractivity (Wildman–Crippen MR) is 114 cm³/mol. The van der Waals surface area contributed by atoms with Crippen LogP contribution in [0.1, 0.15) is 39.5 Å². The van der Waals surface area contributed by atoms with Gasteiger partial charge in [0, 0.05) is 25.4 Å². The molecule has 0 aromatic heterocycles. The maximum atomic E-state index is 13.3. The zero-order valence-electron chi connectivity index (χ0n) is 20.1. The van der Waals surface area contributed by atoms with Gasteiger partial charge in [-0.3, -0.25) is 19.3 Å². The smallest absolute Gasteiger partial charge is 0.376 e. The quantitative estimate of drug-likeness (QED) is 0.324. The second-order valence-electron chi connectivity index (χ2n) is 10.4. The van der Waals surface area contributed by atoms with Gasteiger partial charge in [0.1, 0.15) is 12.3 Å². The number of alkyl halides is 6. The first-order valence-electron chi connectivity index (χ1n) is 11.8. The molecule has 0 aromatic carbocycles. The molecule has 2 heterocycles. The van der Waals surface area contributed by atoms with Crippen LogP contribution in [0.5, 0.6) is 0 Å². The molecule has 0 radical (unpaired) electrons. The Morgan fingerprint density at radius 1 is 1.24 bits per heavy atom. The van der Waals surface area contributed by atoms with Crippen molar-refractivity contribution in [1.82, 2.24) is 20.9 Å². The van der Waals surface area contributed by atoms with E-state index >= 15 is 0 Å². The Hall–Kier alpha value is -2.60. The molecule has 3 fully saturated rings. The lowest BCUT2D eigenvalue weighted by Crippen LogP contribution is -2.60. The van der Waals surface area contributed by atoms with Crippen LogP contribution >= 0.6 is 0 Å². The van der Waals surface area contributed by atoms with E-state index in [1.54, 1.807) is 0 Å².